The van der Waals surface area contributed by atoms with Gasteiger partial charge in [0.25, 0.3) is 0 Å². The Morgan fingerprint density at radius 1 is 1.00 bits per heavy atom. The van der Waals surface area contributed by atoms with Crippen LogP contribution in [0.1, 0.15) is 59.8 Å². The van der Waals surface area contributed by atoms with Crippen molar-refractivity contribution in [1.82, 2.24) is 4.90 Å². The molecule has 0 aromatic rings. The molecule has 2 nitrogen and oxygen atoms in total. The minimum Gasteiger partial charge on any atom is -0.326 e. The fourth-order valence-corrected chi connectivity index (χ4v) is 3.89. The molecular weight excluding hydrogens is 220 g/mol. The summed E-state index contributed by atoms with van der Waals surface area (Å²) in [6.07, 6.45) is 6.60. The van der Waals surface area contributed by atoms with Crippen molar-refractivity contribution in [2.45, 2.75) is 71.9 Å². The maximum absolute atomic E-state index is 6.35. The van der Waals surface area contributed by atoms with Crippen molar-refractivity contribution in [1.29, 1.82) is 0 Å². The molecule has 18 heavy (non-hydrogen) atoms. The van der Waals surface area contributed by atoms with Gasteiger partial charge in [-0.15, -0.1) is 0 Å². The largest absolute Gasteiger partial charge is 0.326 e. The first-order chi connectivity index (χ1) is 8.38. The van der Waals surface area contributed by atoms with E-state index in [-0.39, 0.29) is 0 Å². The monoisotopic (exact) mass is 252 g/mol. The van der Waals surface area contributed by atoms with E-state index in [0.717, 1.165) is 11.8 Å². The zero-order valence-corrected chi connectivity index (χ0v) is 12.8. The molecule has 1 heterocycles. The quantitative estimate of drug-likeness (QED) is 0.776. The van der Waals surface area contributed by atoms with Crippen LogP contribution in [0.15, 0.2) is 0 Å². The molecule has 0 bridgehead atoms. The van der Waals surface area contributed by atoms with E-state index < -0.39 is 0 Å². The number of rotatable bonds is 1. The summed E-state index contributed by atoms with van der Waals surface area (Å²) in [4.78, 5) is 2.70. The van der Waals surface area contributed by atoms with Crippen molar-refractivity contribution >= 4 is 0 Å². The highest BCUT2D eigenvalue weighted by atomic mass is 15.2. The first-order valence-corrected chi connectivity index (χ1v) is 7.87. The van der Waals surface area contributed by atoms with Crippen LogP contribution in [0.5, 0.6) is 0 Å². The van der Waals surface area contributed by atoms with Crippen LogP contribution in [0, 0.1) is 17.3 Å². The molecule has 106 valence electrons. The highest BCUT2D eigenvalue weighted by molar-refractivity contribution is 4.91. The summed E-state index contributed by atoms with van der Waals surface area (Å²) < 4.78 is 0. The predicted octanol–water partition coefficient (Wildman–Crippen LogP) is 3.26. The smallest absolute Gasteiger partial charge is 0.0249 e. The van der Waals surface area contributed by atoms with Gasteiger partial charge in [-0.25, -0.2) is 0 Å². The van der Waals surface area contributed by atoms with Gasteiger partial charge in [-0.05, 0) is 62.4 Å². The number of likely N-dealkylation sites (tertiary alicyclic amines) is 1. The third-order valence-corrected chi connectivity index (χ3v) is 5.35. The third-order valence-electron chi connectivity index (χ3n) is 5.35. The van der Waals surface area contributed by atoms with Gasteiger partial charge in [-0.2, -0.15) is 0 Å². The molecule has 2 aliphatic rings. The zero-order chi connectivity index (χ0) is 13.3. The maximum atomic E-state index is 6.35. The Labute approximate surface area is 113 Å². The summed E-state index contributed by atoms with van der Waals surface area (Å²) >= 11 is 0. The van der Waals surface area contributed by atoms with E-state index in [0.29, 0.717) is 17.5 Å². The third kappa shape index (κ3) is 3.27. The molecule has 3 atom stereocenters. The van der Waals surface area contributed by atoms with E-state index in [9.17, 15) is 0 Å². The molecule has 1 aliphatic carbocycles. The summed E-state index contributed by atoms with van der Waals surface area (Å²) in [6, 6.07) is 1.09. The molecule has 0 radical (unpaired) electrons. The van der Waals surface area contributed by atoms with Crippen LogP contribution in [-0.4, -0.2) is 30.1 Å². The van der Waals surface area contributed by atoms with Crippen molar-refractivity contribution in [3.8, 4) is 0 Å². The highest BCUT2D eigenvalue weighted by Crippen LogP contribution is 2.36. The number of piperidine rings is 1. The summed E-state index contributed by atoms with van der Waals surface area (Å²) in [7, 11) is 0. The Balaban J connectivity index is 1.89. The molecule has 1 aliphatic heterocycles. The predicted molar refractivity (Wildman–Crippen MR) is 78.5 cm³/mol. The lowest BCUT2D eigenvalue weighted by Gasteiger charge is -2.46. The molecule has 2 rings (SSSR count). The fourth-order valence-electron chi connectivity index (χ4n) is 3.89. The second-order valence-electron chi connectivity index (χ2n) is 7.83. The van der Waals surface area contributed by atoms with E-state index in [1.807, 2.05) is 0 Å². The van der Waals surface area contributed by atoms with Gasteiger partial charge in [-0.1, -0.05) is 27.7 Å². The Morgan fingerprint density at radius 2 is 1.61 bits per heavy atom. The first-order valence-electron chi connectivity index (χ1n) is 7.87. The lowest BCUT2D eigenvalue weighted by atomic mass is 9.74. The molecule has 3 unspecified atom stereocenters. The second-order valence-corrected chi connectivity index (χ2v) is 7.83. The SMILES string of the molecule is CC1CCC(N)C(N2CCC(C(C)(C)C)CC2)C1. The van der Waals surface area contributed by atoms with E-state index in [4.69, 9.17) is 5.73 Å². The Kier molecular flexibility index (Phi) is 4.38. The molecule has 0 aromatic carbocycles. The molecule has 0 amide bonds. The van der Waals surface area contributed by atoms with Gasteiger partial charge in [0, 0.05) is 12.1 Å². The highest BCUT2D eigenvalue weighted by Gasteiger charge is 2.35. The van der Waals surface area contributed by atoms with Crippen LogP contribution < -0.4 is 5.73 Å². The van der Waals surface area contributed by atoms with Crippen LogP contribution >= 0.6 is 0 Å². The Morgan fingerprint density at radius 3 is 2.17 bits per heavy atom. The molecule has 0 aromatic heterocycles. The van der Waals surface area contributed by atoms with Crippen LogP contribution in [0.3, 0.4) is 0 Å². The van der Waals surface area contributed by atoms with Crippen molar-refractivity contribution in [3.63, 3.8) is 0 Å². The van der Waals surface area contributed by atoms with Gasteiger partial charge in [-0.3, -0.25) is 4.90 Å². The average molecular weight is 252 g/mol. The molecule has 0 spiro atoms. The number of hydrogen-bond donors (Lipinski definition) is 1. The van der Waals surface area contributed by atoms with Crippen molar-refractivity contribution in [3.05, 3.63) is 0 Å². The van der Waals surface area contributed by atoms with E-state index in [1.54, 1.807) is 0 Å². The lowest BCUT2D eigenvalue weighted by molar-refractivity contribution is 0.0510. The van der Waals surface area contributed by atoms with Gasteiger partial charge in [0.2, 0.25) is 0 Å². The molecular formula is C16H32N2. The lowest BCUT2D eigenvalue weighted by Crippen LogP contribution is -2.53. The van der Waals surface area contributed by atoms with Crippen LogP contribution in [0.25, 0.3) is 0 Å². The standard InChI is InChI=1S/C16H32N2/c1-12-5-6-14(17)15(11-12)18-9-7-13(8-10-18)16(2,3)4/h12-15H,5-11,17H2,1-4H3. The normalized spacial score (nSPS) is 36.8. The van der Waals surface area contributed by atoms with Crippen molar-refractivity contribution < 1.29 is 0 Å². The van der Waals surface area contributed by atoms with Crippen molar-refractivity contribution in [2.75, 3.05) is 13.1 Å². The number of nitrogens with two attached hydrogens (primary N) is 1. The van der Waals surface area contributed by atoms with Crippen LogP contribution in [0.2, 0.25) is 0 Å². The molecule has 2 N–H and O–H groups in total. The van der Waals surface area contributed by atoms with E-state index in [1.165, 1.54) is 45.2 Å². The summed E-state index contributed by atoms with van der Waals surface area (Å²) in [6.45, 7) is 12.1. The van der Waals surface area contributed by atoms with Gasteiger partial charge < -0.3 is 5.73 Å². The first kappa shape index (κ1) is 14.3. The number of nitrogens with zero attached hydrogens (tertiary/aromatic N) is 1. The Hall–Kier alpha value is -0.0800. The van der Waals surface area contributed by atoms with Crippen LogP contribution in [-0.2, 0) is 0 Å². The second kappa shape index (κ2) is 5.50. The minimum absolute atomic E-state index is 0.424. The summed E-state index contributed by atoms with van der Waals surface area (Å²) in [5, 5.41) is 0. The molecule has 2 heteroatoms. The minimum atomic E-state index is 0.424. The maximum Gasteiger partial charge on any atom is 0.0249 e. The van der Waals surface area contributed by atoms with Gasteiger partial charge >= 0.3 is 0 Å². The molecule has 1 saturated carbocycles. The molecule has 2 fully saturated rings. The van der Waals surface area contributed by atoms with Crippen molar-refractivity contribution in [2.24, 2.45) is 23.0 Å². The number of hydrogen-bond acceptors (Lipinski definition) is 2. The average Bonchev–Trinajstić information content (AvgIpc) is 2.31. The van der Waals surface area contributed by atoms with Gasteiger partial charge in [0.15, 0.2) is 0 Å². The molecule has 1 saturated heterocycles. The zero-order valence-electron chi connectivity index (χ0n) is 12.8. The van der Waals surface area contributed by atoms with E-state index >= 15 is 0 Å². The topological polar surface area (TPSA) is 29.3 Å². The van der Waals surface area contributed by atoms with Crippen LogP contribution in [0.4, 0.5) is 0 Å². The van der Waals surface area contributed by atoms with Gasteiger partial charge in [0.05, 0.1) is 0 Å². The van der Waals surface area contributed by atoms with Gasteiger partial charge in [0.1, 0.15) is 0 Å². The summed E-state index contributed by atoms with van der Waals surface area (Å²) in [5.74, 6) is 1.76. The fraction of sp³-hybridized carbons (Fsp3) is 1.00. The van der Waals surface area contributed by atoms with E-state index in [2.05, 4.69) is 32.6 Å². The Bertz CT molecular complexity index is 261. The summed E-state index contributed by atoms with van der Waals surface area (Å²) in [5.41, 5.74) is 6.83.